The van der Waals surface area contributed by atoms with Gasteiger partial charge in [-0.15, -0.1) is 0 Å². The average Bonchev–Trinajstić information content (AvgIpc) is 2.28. The summed E-state index contributed by atoms with van der Waals surface area (Å²) in [5, 5.41) is 0. The summed E-state index contributed by atoms with van der Waals surface area (Å²) in [5.74, 6) is 1.08. The topological polar surface area (TPSA) is 39.2 Å². The summed E-state index contributed by atoms with van der Waals surface area (Å²) in [5.41, 5.74) is 0.262. The summed E-state index contributed by atoms with van der Waals surface area (Å²) < 4.78 is 5.49. The lowest BCUT2D eigenvalue weighted by Crippen LogP contribution is -2.29. The Morgan fingerprint density at radius 2 is 2.19 bits per heavy atom. The number of ether oxygens (including phenoxy) is 1. The maximum atomic E-state index is 10.7. The minimum atomic E-state index is -0.792. The summed E-state index contributed by atoms with van der Waals surface area (Å²) >= 11 is 0. The fraction of sp³-hybridized carbons (Fsp3) is 0.538. The number of carbonyl (C=O) groups excluding carboxylic acids is 1. The molecule has 3 heteroatoms. The van der Waals surface area contributed by atoms with Gasteiger partial charge >= 0.3 is 0 Å². The van der Waals surface area contributed by atoms with Crippen LogP contribution in [0.25, 0.3) is 0 Å². The van der Waals surface area contributed by atoms with Crippen LogP contribution in [0.15, 0.2) is 18.3 Å². The zero-order valence-corrected chi connectivity index (χ0v) is 10.4. The smallest absolute Gasteiger partial charge is 0.162 e. The van der Waals surface area contributed by atoms with E-state index in [9.17, 15) is 4.79 Å². The Bertz CT molecular complexity index is 343. The van der Waals surface area contributed by atoms with Crippen molar-refractivity contribution in [3.05, 3.63) is 24.0 Å². The molecule has 0 N–H and O–H groups in total. The van der Waals surface area contributed by atoms with Crippen LogP contribution in [0.5, 0.6) is 5.75 Å². The first-order valence-electron chi connectivity index (χ1n) is 5.60. The molecule has 0 bridgehead atoms. The first-order valence-corrected chi connectivity index (χ1v) is 5.60. The Hall–Kier alpha value is -1.38. The van der Waals surface area contributed by atoms with Crippen LogP contribution >= 0.6 is 0 Å². The van der Waals surface area contributed by atoms with Crippen LogP contribution in [0.3, 0.4) is 0 Å². The molecule has 88 valence electrons. The van der Waals surface area contributed by atoms with Crippen molar-refractivity contribution in [2.75, 3.05) is 0 Å². The van der Waals surface area contributed by atoms with Crippen LogP contribution in [-0.2, 0) is 4.79 Å². The van der Waals surface area contributed by atoms with Crippen molar-refractivity contribution in [3.8, 4) is 5.75 Å². The third kappa shape index (κ3) is 3.33. The van der Waals surface area contributed by atoms with Gasteiger partial charge in [-0.2, -0.15) is 0 Å². The highest BCUT2D eigenvalue weighted by Gasteiger charge is 2.18. The van der Waals surface area contributed by atoms with Crippen molar-refractivity contribution < 1.29 is 9.53 Å². The molecule has 1 aromatic heterocycles. The molecular formula is C13H19NO2. The monoisotopic (exact) mass is 221 g/mol. The molecule has 1 heterocycles. The zero-order chi connectivity index (χ0) is 12.2. The number of hydrogen-bond acceptors (Lipinski definition) is 3. The van der Waals surface area contributed by atoms with Crippen molar-refractivity contribution in [3.63, 3.8) is 0 Å². The lowest BCUT2D eigenvalue weighted by molar-refractivity contribution is -0.119. The fourth-order valence-corrected chi connectivity index (χ4v) is 1.28. The van der Waals surface area contributed by atoms with Gasteiger partial charge in [-0.05, 0) is 38.3 Å². The van der Waals surface area contributed by atoms with Gasteiger partial charge in [-0.3, -0.25) is 9.78 Å². The SMILES string of the molecule is CCC(C)c1ccc(OC(C)(C)C=O)cn1. The van der Waals surface area contributed by atoms with Crippen LogP contribution < -0.4 is 4.74 Å². The highest BCUT2D eigenvalue weighted by molar-refractivity contribution is 5.61. The van der Waals surface area contributed by atoms with E-state index in [2.05, 4.69) is 18.8 Å². The maximum Gasteiger partial charge on any atom is 0.162 e. The Kier molecular flexibility index (Phi) is 4.05. The van der Waals surface area contributed by atoms with Crippen molar-refractivity contribution >= 4 is 6.29 Å². The van der Waals surface area contributed by atoms with E-state index < -0.39 is 5.60 Å². The van der Waals surface area contributed by atoms with E-state index in [1.54, 1.807) is 20.0 Å². The molecule has 0 spiro atoms. The molecule has 1 aromatic rings. The Labute approximate surface area is 96.8 Å². The van der Waals surface area contributed by atoms with Crippen molar-refractivity contribution in [2.45, 2.75) is 45.6 Å². The standard InChI is InChI=1S/C13H19NO2/c1-5-10(2)12-7-6-11(8-14-12)16-13(3,4)9-15/h6-10H,5H2,1-4H3. The molecule has 3 nitrogen and oxygen atoms in total. The second kappa shape index (κ2) is 5.10. The minimum absolute atomic E-state index is 0.452. The molecule has 1 rings (SSSR count). The van der Waals surface area contributed by atoms with Crippen molar-refractivity contribution in [1.29, 1.82) is 0 Å². The summed E-state index contributed by atoms with van der Waals surface area (Å²) in [6.45, 7) is 7.72. The Balaban J connectivity index is 2.75. The predicted molar refractivity (Wildman–Crippen MR) is 63.7 cm³/mol. The van der Waals surface area contributed by atoms with Gasteiger partial charge in [-0.25, -0.2) is 0 Å². The number of nitrogens with zero attached hydrogens (tertiary/aromatic N) is 1. The van der Waals surface area contributed by atoms with Gasteiger partial charge in [0.05, 0.1) is 6.20 Å². The lowest BCUT2D eigenvalue weighted by Gasteiger charge is -2.19. The largest absolute Gasteiger partial charge is 0.479 e. The van der Waals surface area contributed by atoms with E-state index in [0.29, 0.717) is 11.7 Å². The average molecular weight is 221 g/mol. The van der Waals surface area contributed by atoms with Gasteiger partial charge in [0.15, 0.2) is 11.9 Å². The quantitative estimate of drug-likeness (QED) is 0.717. The highest BCUT2D eigenvalue weighted by atomic mass is 16.5. The number of hydrogen-bond donors (Lipinski definition) is 0. The third-order valence-electron chi connectivity index (χ3n) is 2.54. The van der Waals surface area contributed by atoms with Crippen molar-refractivity contribution in [2.24, 2.45) is 0 Å². The number of pyridine rings is 1. The first kappa shape index (κ1) is 12.7. The number of rotatable bonds is 5. The lowest BCUT2D eigenvalue weighted by atomic mass is 10.0. The molecular weight excluding hydrogens is 202 g/mol. The van der Waals surface area contributed by atoms with E-state index in [0.717, 1.165) is 18.4 Å². The van der Waals surface area contributed by atoms with Crippen LogP contribution in [0.2, 0.25) is 0 Å². The maximum absolute atomic E-state index is 10.7. The van der Waals surface area contributed by atoms with Gasteiger partial charge in [0, 0.05) is 5.69 Å². The molecule has 0 aliphatic heterocycles. The summed E-state index contributed by atoms with van der Waals surface area (Å²) in [6, 6.07) is 3.81. The van der Waals surface area contributed by atoms with Gasteiger partial charge < -0.3 is 4.74 Å². The normalized spacial score (nSPS) is 13.2. The molecule has 0 aromatic carbocycles. The van der Waals surface area contributed by atoms with Crippen LogP contribution in [0, 0.1) is 0 Å². The Morgan fingerprint density at radius 3 is 2.62 bits per heavy atom. The van der Waals surface area contributed by atoms with E-state index in [4.69, 9.17) is 4.74 Å². The number of aromatic nitrogens is 1. The van der Waals surface area contributed by atoms with E-state index in [-0.39, 0.29) is 0 Å². The molecule has 0 radical (unpaired) electrons. The van der Waals surface area contributed by atoms with Crippen molar-refractivity contribution in [1.82, 2.24) is 4.98 Å². The predicted octanol–water partition coefficient (Wildman–Crippen LogP) is 2.95. The number of carbonyl (C=O) groups is 1. The van der Waals surface area contributed by atoms with Gasteiger partial charge in [0.2, 0.25) is 0 Å². The molecule has 0 fully saturated rings. The zero-order valence-electron chi connectivity index (χ0n) is 10.4. The van der Waals surface area contributed by atoms with Gasteiger partial charge in [0.25, 0.3) is 0 Å². The van der Waals surface area contributed by atoms with Crippen LogP contribution in [0.4, 0.5) is 0 Å². The second-order valence-electron chi connectivity index (χ2n) is 4.55. The van der Waals surface area contributed by atoms with Gasteiger partial charge in [0.1, 0.15) is 5.75 Å². The molecule has 0 amide bonds. The van der Waals surface area contributed by atoms with E-state index in [1.165, 1.54) is 0 Å². The molecule has 1 atom stereocenters. The molecule has 16 heavy (non-hydrogen) atoms. The van der Waals surface area contributed by atoms with Crippen LogP contribution in [-0.4, -0.2) is 16.9 Å². The van der Waals surface area contributed by atoms with Crippen LogP contribution in [0.1, 0.15) is 45.7 Å². The third-order valence-corrected chi connectivity index (χ3v) is 2.54. The Morgan fingerprint density at radius 1 is 1.50 bits per heavy atom. The van der Waals surface area contributed by atoms with E-state index >= 15 is 0 Å². The fourth-order valence-electron chi connectivity index (χ4n) is 1.28. The molecule has 0 aliphatic rings. The van der Waals surface area contributed by atoms with E-state index in [1.807, 2.05) is 12.1 Å². The molecule has 0 aliphatic carbocycles. The molecule has 1 unspecified atom stereocenters. The van der Waals surface area contributed by atoms with Gasteiger partial charge in [-0.1, -0.05) is 13.8 Å². The summed E-state index contributed by atoms with van der Waals surface area (Å²) in [7, 11) is 0. The first-order chi connectivity index (χ1) is 7.48. The molecule has 0 saturated carbocycles. The number of aldehydes is 1. The molecule has 0 saturated heterocycles. The second-order valence-corrected chi connectivity index (χ2v) is 4.55. The summed E-state index contributed by atoms with van der Waals surface area (Å²) in [6.07, 6.45) is 3.52. The summed E-state index contributed by atoms with van der Waals surface area (Å²) in [4.78, 5) is 15.0. The minimum Gasteiger partial charge on any atom is -0.479 e. The highest BCUT2D eigenvalue weighted by Crippen LogP contribution is 2.20.